The maximum atomic E-state index is 4.41. The van der Waals surface area contributed by atoms with Gasteiger partial charge in [0.2, 0.25) is 0 Å². The standard InChI is InChI=1S/C17H21N5/c1-17(2,3)22-12-15(10-18-22)11-21-13-16(19-20-21)9-14-7-5-4-6-8-14/h4-8,10,12-13H,9,11H2,1-3H3. The molecule has 0 unspecified atom stereocenters. The molecule has 0 N–H and O–H groups in total. The molecule has 3 rings (SSSR count). The Morgan fingerprint density at radius 3 is 2.45 bits per heavy atom. The van der Waals surface area contributed by atoms with Gasteiger partial charge in [-0.2, -0.15) is 5.10 Å². The molecule has 0 aliphatic carbocycles. The lowest BCUT2D eigenvalue weighted by molar-refractivity contribution is 0.355. The van der Waals surface area contributed by atoms with Crippen LogP contribution in [0.2, 0.25) is 0 Å². The molecule has 0 amide bonds. The highest BCUT2D eigenvalue weighted by Crippen LogP contribution is 2.14. The van der Waals surface area contributed by atoms with E-state index in [1.807, 2.05) is 40.0 Å². The normalized spacial score (nSPS) is 11.8. The second-order valence-corrected chi connectivity index (χ2v) is 6.53. The van der Waals surface area contributed by atoms with Crippen molar-refractivity contribution in [1.82, 2.24) is 24.8 Å². The van der Waals surface area contributed by atoms with E-state index in [4.69, 9.17) is 0 Å². The van der Waals surface area contributed by atoms with Crippen molar-refractivity contribution < 1.29 is 0 Å². The minimum absolute atomic E-state index is 0.000907. The molecule has 0 atom stereocenters. The highest BCUT2D eigenvalue weighted by molar-refractivity contribution is 5.20. The van der Waals surface area contributed by atoms with E-state index in [0.29, 0.717) is 6.54 Å². The van der Waals surface area contributed by atoms with E-state index in [0.717, 1.165) is 17.7 Å². The third-order valence-electron chi connectivity index (χ3n) is 3.48. The Kier molecular flexibility index (Phi) is 3.79. The van der Waals surface area contributed by atoms with Gasteiger partial charge in [0.1, 0.15) is 0 Å². The third kappa shape index (κ3) is 3.42. The Morgan fingerprint density at radius 2 is 1.77 bits per heavy atom. The summed E-state index contributed by atoms with van der Waals surface area (Å²) in [5.41, 5.74) is 3.36. The largest absolute Gasteiger partial charge is 0.267 e. The first-order valence-corrected chi connectivity index (χ1v) is 7.48. The fraction of sp³-hybridized carbons (Fsp3) is 0.353. The molecular formula is C17H21N5. The van der Waals surface area contributed by atoms with E-state index in [-0.39, 0.29) is 5.54 Å². The Labute approximate surface area is 130 Å². The van der Waals surface area contributed by atoms with Gasteiger partial charge in [-0.15, -0.1) is 5.10 Å². The van der Waals surface area contributed by atoms with Gasteiger partial charge in [-0.05, 0) is 26.3 Å². The Hall–Kier alpha value is -2.43. The Morgan fingerprint density at radius 1 is 1.00 bits per heavy atom. The average molecular weight is 295 g/mol. The van der Waals surface area contributed by atoms with Gasteiger partial charge in [-0.3, -0.25) is 4.68 Å². The zero-order valence-electron chi connectivity index (χ0n) is 13.3. The highest BCUT2D eigenvalue weighted by atomic mass is 15.4. The van der Waals surface area contributed by atoms with Gasteiger partial charge < -0.3 is 0 Å². The first-order chi connectivity index (χ1) is 10.5. The molecule has 0 fully saturated rings. The average Bonchev–Trinajstić information content (AvgIpc) is 3.10. The predicted octanol–water partition coefficient (Wildman–Crippen LogP) is 2.87. The van der Waals surface area contributed by atoms with Crippen LogP contribution in [0, 0.1) is 0 Å². The molecule has 5 nitrogen and oxygen atoms in total. The van der Waals surface area contributed by atoms with Gasteiger partial charge in [0.05, 0.1) is 24.0 Å². The molecule has 0 bridgehead atoms. The second-order valence-electron chi connectivity index (χ2n) is 6.53. The second kappa shape index (κ2) is 5.75. The quantitative estimate of drug-likeness (QED) is 0.743. The van der Waals surface area contributed by atoms with Crippen molar-refractivity contribution >= 4 is 0 Å². The number of hydrogen-bond acceptors (Lipinski definition) is 3. The molecule has 22 heavy (non-hydrogen) atoms. The molecule has 0 saturated heterocycles. The lowest BCUT2D eigenvalue weighted by atomic mass is 10.1. The summed E-state index contributed by atoms with van der Waals surface area (Å²) in [6.07, 6.45) is 6.77. The monoisotopic (exact) mass is 295 g/mol. The van der Waals surface area contributed by atoms with Crippen LogP contribution in [0.15, 0.2) is 48.9 Å². The fourth-order valence-electron chi connectivity index (χ4n) is 2.30. The zero-order chi connectivity index (χ0) is 15.6. The number of benzene rings is 1. The zero-order valence-corrected chi connectivity index (χ0v) is 13.3. The number of aromatic nitrogens is 5. The van der Waals surface area contributed by atoms with Crippen LogP contribution in [0.5, 0.6) is 0 Å². The highest BCUT2D eigenvalue weighted by Gasteiger charge is 2.14. The minimum atomic E-state index is -0.000907. The van der Waals surface area contributed by atoms with Gasteiger partial charge in [0.25, 0.3) is 0 Å². The van der Waals surface area contributed by atoms with E-state index in [9.17, 15) is 0 Å². The van der Waals surface area contributed by atoms with Crippen molar-refractivity contribution in [3.8, 4) is 0 Å². The topological polar surface area (TPSA) is 48.5 Å². The van der Waals surface area contributed by atoms with Gasteiger partial charge >= 0.3 is 0 Å². The molecule has 0 aliphatic rings. The van der Waals surface area contributed by atoms with Crippen LogP contribution in [-0.4, -0.2) is 24.8 Å². The summed E-state index contributed by atoms with van der Waals surface area (Å²) in [5.74, 6) is 0. The molecule has 5 heteroatoms. The first-order valence-electron chi connectivity index (χ1n) is 7.48. The molecule has 0 radical (unpaired) electrons. The van der Waals surface area contributed by atoms with Crippen molar-refractivity contribution in [2.75, 3.05) is 0 Å². The number of rotatable bonds is 4. The Balaban J connectivity index is 1.68. The Bertz CT molecular complexity index is 734. The van der Waals surface area contributed by atoms with Crippen molar-refractivity contribution in [2.45, 2.75) is 39.3 Å². The molecule has 2 aromatic heterocycles. The van der Waals surface area contributed by atoms with Crippen LogP contribution < -0.4 is 0 Å². The van der Waals surface area contributed by atoms with Crippen LogP contribution in [-0.2, 0) is 18.5 Å². The number of hydrogen-bond donors (Lipinski definition) is 0. The van der Waals surface area contributed by atoms with Crippen LogP contribution in [0.3, 0.4) is 0 Å². The molecule has 0 aliphatic heterocycles. The van der Waals surface area contributed by atoms with E-state index < -0.39 is 0 Å². The molecule has 0 saturated carbocycles. The van der Waals surface area contributed by atoms with E-state index in [1.54, 1.807) is 0 Å². The number of nitrogens with zero attached hydrogens (tertiary/aromatic N) is 5. The molecule has 2 heterocycles. The third-order valence-corrected chi connectivity index (χ3v) is 3.48. The summed E-state index contributed by atoms with van der Waals surface area (Å²) in [7, 11) is 0. The summed E-state index contributed by atoms with van der Waals surface area (Å²) in [6, 6.07) is 10.3. The summed E-state index contributed by atoms with van der Waals surface area (Å²) < 4.78 is 3.84. The van der Waals surface area contributed by atoms with Gasteiger partial charge in [0.15, 0.2) is 0 Å². The lowest BCUT2D eigenvalue weighted by Crippen LogP contribution is -2.21. The van der Waals surface area contributed by atoms with Gasteiger partial charge in [-0.25, -0.2) is 4.68 Å². The van der Waals surface area contributed by atoms with E-state index in [1.165, 1.54) is 5.56 Å². The maximum absolute atomic E-state index is 4.41. The molecule has 0 spiro atoms. The molecule has 3 aromatic rings. The smallest absolute Gasteiger partial charge is 0.0871 e. The van der Waals surface area contributed by atoms with E-state index in [2.05, 4.69) is 54.5 Å². The summed E-state index contributed by atoms with van der Waals surface area (Å²) in [6.45, 7) is 7.10. The van der Waals surface area contributed by atoms with Gasteiger partial charge in [-0.1, -0.05) is 35.5 Å². The van der Waals surface area contributed by atoms with Crippen molar-refractivity contribution in [3.05, 3.63) is 65.7 Å². The van der Waals surface area contributed by atoms with Crippen molar-refractivity contribution in [2.24, 2.45) is 0 Å². The molecular weight excluding hydrogens is 274 g/mol. The predicted molar refractivity (Wildman–Crippen MR) is 85.6 cm³/mol. The van der Waals surface area contributed by atoms with Crippen LogP contribution in [0.4, 0.5) is 0 Å². The van der Waals surface area contributed by atoms with Gasteiger partial charge in [0, 0.05) is 24.4 Å². The van der Waals surface area contributed by atoms with Crippen LogP contribution in [0.1, 0.15) is 37.6 Å². The molecule has 114 valence electrons. The lowest BCUT2D eigenvalue weighted by Gasteiger charge is -2.18. The summed E-state index contributed by atoms with van der Waals surface area (Å²) >= 11 is 0. The van der Waals surface area contributed by atoms with Crippen molar-refractivity contribution in [1.29, 1.82) is 0 Å². The van der Waals surface area contributed by atoms with Crippen molar-refractivity contribution in [3.63, 3.8) is 0 Å². The van der Waals surface area contributed by atoms with Crippen LogP contribution >= 0.6 is 0 Å². The van der Waals surface area contributed by atoms with Crippen LogP contribution in [0.25, 0.3) is 0 Å². The maximum Gasteiger partial charge on any atom is 0.0871 e. The fourth-order valence-corrected chi connectivity index (χ4v) is 2.30. The first kappa shape index (κ1) is 14.5. The summed E-state index contributed by atoms with van der Waals surface area (Å²) in [5, 5.41) is 12.9. The summed E-state index contributed by atoms with van der Waals surface area (Å²) in [4.78, 5) is 0. The SMILES string of the molecule is CC(C)(C)n1cc(Cn2cc(Cc3ccccc3)nn2)cn1. The molecule has 1 aromatic carbocycles. The van der Waals surface area contributed by atoms with E-state index >= 15 is 0 Å². The minimum Gasteiger partial charge on any atom is -0.267 e.